The molecular formula is C12H21NO. The molecule has 0 fully saturated rings. The van der Waals surface area contributed by atoms with Gasteiger partial charge in [0.2, 0.25) is 0 Å². The zero-order chi connectivity index (χ0) is 10.2. The number of hydrogen-bond donors (Lipinski definition) is 2. The molecule has 2 unspecified atom stereocenters. The van der Waals surface area contributed by atoms with E-state index in [0.717, 1.165) is 38.5 Å². The van der Waals surface area contributed by atoms with Crippen molar-refractivity contribution < 1.29 is 5.11 Å². The first-order valence-electron chi connectivity index (χ1n) is 5.54. The molecule has 0 heterocycles. The van der Waals surface area contributed by atoms with Gasteiger partial charge < -0.3 is 10.8 Å². The Labute approximate surface area is 86.5 Å². The van der Waals surface area contributed by atoms with Crippen molar-refractivity contribution in [2.24, 2.45) is 5.73 Å². The van der Waals surface area contributed by atoms with Crippen LogP contribution in [0.4, 0.5) is 0 Å². The number of hydrogen-bond acceptors (Lipinski definition) is 2. The molecule has 0 aliphatic heterocycles. The predicted octanol–water partition coefficient (Wildman–Crippen LogP) is 2.14. The van der Waals surface area contributed by atoms with Gasteiger partial charge in [-0.05, 0) is 38.5 Å². The van der Waals surface area contributed by atoms with Gasteiger partial charge >= 0.3 is 0 Å². The Kier molecular flexibility index (Phi) is 5.57. The van der Waals surface area contributed by atoms with E-state index in [4.69, 9.17) is 5.73 Å². The summed E-state index contributed by atoms with van der Waals surface area (Å²) in [4.78, 5) is 0. The average Bonchev–Trinajstić information content (AvgIpc) is 2.18. The van der Waals surface area contributed by atoms with Crippen molar-refractivity contribution in [2.45, 2.75) is 50.7 Å². The van der Waals surface area contributed by atoms with E-state index in [1.54, 1.807) is 0 Å². The summed E-state index contributed by atoms with van der Waals surface area (Å²) in [6.07, 6.45) is 14.2. The Hall–Kier alpha value is -0.600. The maximum atomic E-state index is 9.68. The Morgan fingerprint density at radius 2 is 1.36 bits per heavy atom. The zero-order valence-corrected chi connectivity index (χ0v) is 8.73. The fraction of sp³-hybridized carbons (Fsp3) is 0.667. The SMILES string of the molecule is NC1CC/C=C/CC/C=C/CCC1O. The van der Waals surface area contributed by atoms with Crippen LogP contribution in [0.2, 0.25) is 0 Å². The predicted molar refractivity (Wildman–Crippen MR) is 60.0 cm³/mol. The van der Waals surface area contributed by atoms with Crippen LogP contribution in [0.15, 0.2) is 24.3 Å². The van der Waals surface area contributed by atoms with Crippen LogP contribution in [0.3, 0.4) is 0 Å². The highest BCUT2D eigenvalue weighted by Crippen LogP contribution is 2.09. The van der Waals surface area contributed by atoms with Crippen molar-refractivity contribution >= 4 is 0 Å². The molecule has 0 saturated heterocycles. The standard InChI is InChI=1S/C12H21NO/c13-11-9-7-5-3-1-2-4-6-8-10-12(11)14/h3-6,11-12,14H,1-2,7-10,13H2/b5-3+,6-4+. The third-order valence-corrected chi connectivity index (χ3v) is 2.62. The lowest BCUT2D eigenvalue weighted by atomic mass is 10.0. The van der Waals surface area contributed by atoms with Gasteiger partial charge in [-0.15, -0.1) is 0 Å². The monoisotopic (exact) mass is 195 g/mol. The highest BCUT2D eigenvalue weighted by Gasteiger charge is 2.12. The molecule has 14 heavy (non-hydrogen) atoms. The fourth-order valence-corrected chi connectivity index (χ4v) is 1.63. The topological polar surface area (TPSA) is 46.2 Å². The number of allylic oxidation sites excluding steroid dienone is 4. The lowest BCUT2D eigenvalue weighted by Gasteiger charge is -2.17. The van der Waals surface area contributed by atoms with Gasteiger partial charge in [0.15, 0.2) is 0 Å². The Bertz CT molecular complexity index is 176. The van der Waals surface area contributed by atoms with Crippen LogP contribution in [-0.2, 0) is 0 Å². The normalized spacial score (nSPS) is 35.3. The Morgan fingerprint density at radius 3 is 2.00 bits per heavy atom. The summed E-state index contributed by atoms with van der Waals surface area (Å²) < 4.78 is 0. The van der Waals surface area contributed by atoms with E-state index in [2.05, 4.69) is 24.3 Å². The summed E-state index contributed by atoms with van der Waals surface area (Å²) in [7, 11) is 0. The molecule has 0 aromatic heterocycles. The van der Waals surface area contributed by atoms with Crippen LogP contribution < -0.4 is 5.73 Å². The third kappa shape index (κ3) is 4.58. The third-order valence-electron chi connectivity index (χ3n) is 2.62. The maximum absolute atomic E-state index is 9.68. The number of aliphatic hydroxyl groups is 1. The zero-order valence-electron chi connectivity index (χ0n) is 8.73. The number of rotatable bonds is 0. The van der Waals surface area contributed by atoms with Gasteiger partial charge in [0.25, 0.3) is 0 Å². The second kappa shape index (κ2) is 6.80. The molecule has 0 aromatic carbocycles. The molecule has 2 atom stereocenters. The van der Waals surface area contributed by atoms with Crippen LogP contribution in [-0.4, -0.2) is 17.3 Å². The highest BCUT2D eigenvalue weighted by atomic mass is 16.3. The van der Waals surface area contributed by atoms with Gasteiger partial charge in [-0.2, -0.15) is 0 Å². The van der Waals surface area contributed by atoms with E-state index >= 15 is 0 Å². The summed E-state index contributed by atoms with van der Waals surface area (Å²) in [5.41, 5.74) is 5.85. The van der Waals surface area contributed by atoms with Gasteiger partial charge in [0.05, 0.1) is 6.10 Å². The van der Waals surface area contributed by atoms with Crippen molar-refractivity contribution in [1.29, 1.82) is 0 Å². The summed E-state index contributed by atoms with van der Waals surface area (Å²) in [6, 6.07) is -0.0625. The van der Waals surface area contributed by atoms with Gasteiger partial charge in [-0.1, -0.05) is 24.3 Å². The summed E-state index contributed by atoms with van der Waals surface area (Å²) in [5, 5.41) is 9.68. The second-order valence-electron chi connectivity index (χ2n) is 3.91. The largest absolute Gasteiger partial charge is 0.392 e. The molecule has 0 amide bonds. The van der Waals surface area contributed by atoms with Crippen LogP contribution in [0.5, 0.6) is 0 Å². The molecular weight excluding hydrogens is 174 g/mol. The van der Waals surface area contributed by atoms with Crippen molar-refractivity contribution in [2.75, 3.05) is 0 Å². The fourth-order valence-electron chi connectivity index (χ4n) is 1.63. The summed E-state index contributed by atoms with van der Waals surface area (Å²) in [6.45, 7) is 0. The molecule has 80 valence electrons. The molecule has 0 bridgehead atoms. The van der Waals surface area contributed by atoms with Crippen molar-refractivity contribution in [3.8, 4) is 0 Å². The van der Waals surface area contributed by atoms with Crippen molar-refractivity contribution in [3.05, 3.63) is 24.3 Å². The van der Waals surface area contributed by atoms with E-state index in [1.165, 1.54) is 0 Å². The Morgan fingerprint density at radius 1 is 0.857 bits per heavy atom. The summed E-state index contributed by atoms with van der Waals surface area (Å²) >= 11 is 0. The lowest BCUT2D eigenvalue weighted by Crippen LogP contribution is -2.34. The van der Waals surface area contributed by atoms with E-state index in [-0.39, 0.29) is 12.1 Å². The van der Waals surface area contributed by atoms with Crippen LogP contribution in [0.25, 0.3) is 0 Å². The quantitative estimate of drug-likeness (QED) is 0.582. The summed E-state index contributed by atoms with van der Waals surface area (Å²) in [5.74, 6) is 0. The van der Waals surface area contributed by atoms with Crippen molar-refractivity contribution in [3.63, 3.8) is 0 Å². The Balaban J connectivity index is 2.41. The van der Waals surface area contributed by atoms with Crippen molar-refractivity contribution in [1.82, 2.24) is 0 Å². The number of nitrogens with two attached hydrogens (primary N) is 1. The molecule has 0 saturated carbocycles. The van der Waals surface area contributed by atoms with E-state index in [0.29, 0.717) is 0 Å². The first-order chi connectivity index (χ1) is 6.80. The van der Waals surface area contributed by atoms with E-state index in [1.807, 2.05) is 0 Å². The minimum Gasteiger partial charge on any atom is -0.392 e. The molecule has 0 spiro atoms. The van der Waals surface area contributed by atoms with Gasteiger partial charge in [-0.25, -0.2) is 0 Å². The molecule has 0 radical (unpaired) electrons. The maximum Gasteiger partial charge on any atom is 0.0694 e. The first-order valence-corrected chi connectivity index (χ1v) is 5.54. The highest BCUT2D eigenvalue weighted by molar-refractivity contribution is 4.91. The lowest BCUT2D eigenvalue weighted by molar-refractivity contribution is 0.132. The number of aliphatic hydroxyl groups excluding tert-OH is 1. The van der Waals surface area contributed by atoms with E-state index in [9.17, 15) is 5.11 Å². The van der Waals surface area contributed by atoms with Gasteiger partial charge in [0.1, 0.15) is 0 Å². The molecule has 2 nitrogen and oxygen atoms in total. The van der Waals surface area contributed by atoms with Crippen LogP contribution in [0.1, 0.15) is 38.5 Å². The van der Waals surface area contributed by atoms with Gasteiger partial charge in [-0.3, -0.25) is 0 Å². The smallest absolute Gasteiger partial charge is 0.0694 e. The second-order valence-corrected chi connectivity index (χ2v) is 3.91. The average molecular weight is 195 g/mol. The molecule has 2 heteroatoms. The van der Waals surface area contributed by atoms with E-state index < -0.39 is 0 Å². The minimum absolute atomic E-state index is 0.0625. The first kappa shape index (κ1) is 11.5. The van der Waals surface area contributed by atoms with Crippen LogP contribution in [0, 0.1) is 0 Å². The molecule has 1 aliphatic carbocycles. The molecule has 1 rings (SSSR count). The molecule has 3 N–H and O–H groups in total. The van der Waals surface area contributed by atoms with Crippen LogP contribution >= 0.6 is 0 Å². The van der Waals surface area contributed by atoms with Gasteiger partial charge in [0, 0.05) is 6.04 Å². The molecule has 0 aromatic rings. The molecule has 1 aliphatic rings. The minimum atomic E-state index is -0.340.